The predicted molar refractivity (Wildman–Crippen MR) is 98.3 cm³/mol. The Kier molecular flexibility index (Phi) is 5.23. The van der Waals surface area contributed by atoms with Crippen LogP contribution in [0.25, 0.3) is 0 Å². The van der Waals surface area contributed by atoms with Crippen molar-refractivity contribution in [3.63, 3.8) is 0 Å². The van der Waals surface area contributed by atoms with Crippen LogP contribution in [0.2, 0.25) is 5.02 Å². The lowest BCUT2D eigenvalue weighted by Gasteiger charge is -2.39. The third-order valence-electron chi connectivity index (χ3n) is 6.13. The van der Waals surface area contributed by atoms with E-state index < -0.39 is 0 Å². The Balaban J connectivity index is 1.30. The number of hydrogen-bond acceptors (Lipinski definition) is 4. The van der Waals surface area contributed by atoms with E-state index in [0.29, 0.717) is 12.0 Å². The van der Waals surface area contributed by atoms with E-state index in [1.807, 2.05) is 12.1 Å². The molecular formula is C20H28ClNO3. The highest BCUT2D eigenvalue weighted by Gasteiger charge is 2.42. The van der Waals surface area contributed by atoms with Crippen molar-refractivity contribution in [3.8, 4) is 5.75 Å². The number of ether oxygens (including phenoxy) is 3. The number of halogens is 1. The molecule has 0 bridgehead atoms. The maximum Gasteiger partial charge on any atom is 0.168 e. The summed E-state index contributed by atoms with van der Waals surface area (Å²) in [5, 5.41) is 0.827. The van der Waals surface area contributed by atoms with Gasteiger partial charge in [-0.05, 0) is 55.8 Å². The van der Waals surface area contributed by atoms with E-state index in [0.717, 1.165) is 43.2 Å². The fourth-order valence-electron chi connectivity index (χ4n) is 4.69. The number of likely N-dealkylation sites (tertiary alicyclic amines) is 1. The van der Waals surface area contributed by atoms with Crippen LogP contribution in [0, 0.1) is 5.92 Å². The Morgan fingerprint density at radius 2 is 1.96 bits per heavy atom. The highest BCUT2D eigenvalue weighted by Crippen LogP contribution is 2.39. The van der Waals surface area contributed by atoms with Gasteiger partial charge in [-0.1, -0.05) is 17.7 Å². The molecule has 1 spiro atoms. The fraction of sp³-hybridized carbons (Fsp3) is 0.700. The van der Waals surface area contributed by atoms with Crippen LogP contribution in [-0.2, 0) is 15.9 Å². The van der Waals surface area contributed by atoms with E-state index in [4.69, 9.17) is 25.8 Å². The van der Waals surface area contributed by atoms with E-state index in [9.17, 15) is 0 Å². The molecule has 3 aliphatic rings. The smallest absolute Gasteiger partial charge is 0.168 e. The van der Waals surface area contributed by atoms with Gasteiger partial charge in [-0.3, -0.25) is 0 Å². The molecule has 0 radical (unpaired) electrons. The van der Waals surface area contributed by atoms with Crippen molar-refractivity contribution in [2.24, 2.45) is 5.92 Å². The number of hydrogen-bond donors (Lipinski definition) is 0. The Hall–Kier alpha value is -0.810. The van der Waals surface area contributed by atoms with Crippen LogP contribution in [0.5, 0.6) is 5.75 Å². The molecule has 1 atom stereocenters. The van der Waals surface area contributed by atoms with Crippen LogP contribution in [-0.4, -0.2) is 50.1 Å². The van der Waals surface area contributed by atoms with Crippen molar-refractivity contribution < 1.29 is 14.2 Å². The lowest BCUT2D eigenvalue weighted by atomic mass is 9.89. The zero-order chi connectivity index (χ0) is 17.3. The molecule has 5 heteroatoms. The minimum Gasteiger partial charge on any atom is -0.497 e. The molecule has 0 amide bonds. The summed E-state index contributed by atoms with van der Waals surface area (Å²) in [4.78, 5) is 2.68. The van der Waals surface area contributed by atoms with Crippen molar-refractivity contribution in [1.29, 1.82) is 0 Å². The first-order valence-electron chi connectivity index (χ1n) is 9.52. The minimum absolute atomic E-state index is 0.244. The van der Waals surface area contributed by atoms with E-state index in [1.165, 1.54) is 37.9 Å². The lowest BCUT2D eigenvalue weighted by molar-refractivity contribution is -0.183. The average Bonchev–Trinajstić information content (AvgIpc) is 3.28. The molecule has 1 saturated carbocycles. The van der Waals surface area contributed by atoms with Crippen molar-refractivity contribution in [1.82, 2.24) is 4.90 Å². The lowest BCUT2D eigenvalue weighted by Crippen LogP contribution is -2.43. The Bertz CT molecular complexity index is 593. The van der Waals surface area contributed by atoms with Crippen LogP contribution in [0.15, 0.2) is 18.2 Å². The van der Waals surface area contributed by atoms with Crippen LogP contribution in [0.3, 0.4) is 0 Å². The molecule has 25 heavy (non-hydrogen) atoms. The topological polar surface area (TPSA) is 30.9 Å². The molecule has 1 unspecified atom stereocenters. The highest BCUT2D eigenvalue weighted by atomic mass is 35.5. The quantitative estimate of drug-likeness (QED) is 0.809. The first-order chi connectivity index (χ1) is 12.2. The zero-order valence-electron chi connectivity index (χ0n) is 15.0. The second kappa shape index (κ2) is 7.43. The maximum absolute atomic E-state index is 6.42. The summed E-state index contributed by atoms with van der Waals surface area (Å²) in [7, 11) is 1.68. The molecule has 2 heterocycles. The number of rotatable bonds is 4. The van der Waals surface area contributed by atoms with E-state index in [2.05, 4.69) is 11.0 Å². The summed E-state index contributed by atoms with van der Waals surface area (Å²) in [6.07, 6.45) is 6.79. The average molecular weight is 366 g/mol. The summed E-state index contributed by atoms with van der Waals surface area (Å²) in [5.41, 5.74) is 1.24. The first kappa shape index (κ1) is 17.6. The van der Waals surface area contributed by atoms with E-state index in [1.54, 1.807) is 7.11 Å². The summed E-state index contributed by atoms with van der Waals surface area (Å²) in [6.45, 7) is 3.91. The van der Waals surface area contributed by atoms with Gasteiger partial charge in [-0.25, -0.2) is 0 Å². The third kappa shape index (κ3) is 3.82. The Morgan fingerprint density at radius 3 is 2.64 bits per heavy atom. The van der Waals surface area contributed by atoms with Crippen LogP contribution in [0.1, 0.15) is 37.7 Å². The van der Waals surface area contributed by atoms with Crippen molar-refractivity contribution in [3.05, 3.63) is 28.8 Å². The summed E-state index contributed by atoms with van der Waals surface area (Å²) in [6, 6.07) is 6.74. The predicted octanol–water partition coefficient (Wildman–Crippen LogP) is 3.90. The monoisotopic (exact) mass is 365 g/mol. The first-order valence-corrected chi connectivity index (χ1v) is 9.90. The normalized spacial score (nSPS) is 27.2. The third-order valence-corrected chi connectivity index (χ3v) is 6.48. The van der Waals surface area contributed by atoms with Crippen LogP contribution >= 0.6 is 11.6 Å². The SMILES string of the molecule is COc1ccc(CC2CCN(C3CCC4(CC3)OCCO4)C2)c(Cl)c1. The summed E-state index contributed by atoms with van der Waals surface area (Å²) in [5.74, 6) is 1.28. The summed E-state index contributed by atoms with van der Waals surface area (Å²) >= 11 is 6.42. The molecular weight excluding hydrogens is 338 g/mol. The molecule has 1 aromatic rings. The van der Waals surface area contributed by atoms with Crippen LogP contribution in [0.4, 0.5) is 0 Å². The molecule has 2 saturated heterocycles. The van der Waals surface area contributed by atoms with E-state index >= 15 is 0 Å². The van der Waals surface area contributed by atoms with Gasteiger partial charge in [0.05, 0.1) is 20.3 Å². The van der Waals surface area contributed by atoms with Gasteiger partial charge in [0.15, 0.2) is 5.79 Å². The molecule has 0 N–H and O–H groups in total. The Labute approximate surface area is 155 Å². The van der Waals surface area contributed by atoms with Gasteiger partial charge in [-0.15, -0.1) is 0 Å². The summed E-state index contributed by atoms with van der Waals surface area (Å²) < 4.78 is 17.0. The molecule has 4 rings (SSSR count). The second-order valence-electron chi connectivity index (χ2n) is 7.65. The number of methoxy groups -OCH3 is 1. The van der Waals surface area contributed by atoms with Gasteiger partial charge in [-0.2, -0.15) is 0 Å². The molecule has 4 nitrogen and oxygen atoms in total. The van der Waals surface area contributed by atoms with Gasteiger partial charge >= 0.3 is 0 Å². The van der Waals surface area contributed by atoms with Crippen molar-refractivity contribution in [2.75, 3.05) is 33.4 Å². The Morgan fingerprint density at radius 1 is 1.20 bits per heavy atom. The van der Waals surface area contributed by atoms with Gasteiger partial charge in [0.2, 0.25) is 0 Å². The zero-order valence-corrected chi connectivity index (χ0v) is 15.8. The molecule has 2 aliphatic heterocycles. The molecule has 1 aliphatic carbocycles. The standard InChI is InChI=1S/C20H28ClNO3/c1-23-18-3-2-16(19(21)13-18)12-15-6-9-22(14-15)17-4-7-20(8-5-17)24-10-11-25-20/h2-3,13,15,17H,4-12,14H2,1H3. The molecule has 0 aromatic heterocycles. The van der Waals surface area contributed by atoms with Gasteiger partial charge in [0, 0.05) is 30.5 Å². The second-order valence-corrected chi connectivity index (χ2v) is 8.06. The van der Waals surface area contributed by atoms with Gasteiger partial charge in [0.25, 0.3) is 0 Å². The van der Waals surface area contributed by atoms with Crippen molar-refractivity contribution >= 4 is 11.6 Å². The molecule has 3 fully saturated rings. The van der Waals surface area contributed by atoms with Crippen molar-refractivity contribution in [2.45, 2.75) is 50.4 Å². The fourth-order valence-corrected chi connectivity index (χ4v) is 4.93. The van der Waals surface area contributed by atoms with Gasteiger partial charge in [0.1, 0.15) is 5.75 Å². The van der Waals surface area contributed by atoms with Crippen LogP contribution < -0.4 is 4.74 Å². The van der Waals surface area contributed by atoms with Gasteiger partial charge < -0.3 is 19.1 Å². The number of nitrogens with zero attached hydrogens (tertiary/aromatic N) is 1. The molecule has 138 valence electrons. The number of benzene rings is 1. The highest BCUT2D eigenvalue weighted by molar-refractivity contribution is 6.31. The molecule has 1 aromatic carbocycles. The maximum atomic E-state index is 6.42. The largest absolute Gasteiger partial charge is 0.497 e. The minimum atomic E-state index is -0.244. The van der Waals surface area contributed by atoms with E-state index in [-0.39, 0.29) is 5.79 Å².